The standard InChI is InChI=1S/C13H15NO4/c15-11(10-4-2-1-3-5-10)6-7-14-12(16)8-18-9-13(14)17/h1-5,11,15H,6-9H2. The summed E-state index contributed by atoms with van der Waals surface area (Å²) < 4.78 is 4.81. The van der Waals surface area contributed by atoms with E-state index in [4.69, 9.17) is 4.74 Å². The number of amides is 2. The monoisotopic (exact) mass is 249 g/mol. The fourth-order valence-corrected chi connectivity index (χ4v) is 1.86. The highest BCUT2D eigenvalue weighted by atomic mass is 16.5. The van der Waals surface area contributed by atoms with Gasteiger partial charge in [-0.25, -0.2) is 0 Å². The Morgan fingerprint density at radius 2 is 1.78 bits per heavy atom. The summed E-state index contributed by atoms with van der Waals surface area (Å²) in [5.41, 5.74) is 0.783. The van der Waals surface area contributed by atoms with Crippen molar-refractivity contribution in [3.63, 3.8) is 0 Å². The molecule has 96 valence electrons. The zero-order valence-electron chi connectivity index (χ0n) is 9.91. The molecule has 1 aromatic carbocycles. The van der Waals surface area contributed by atoms with Crippen molar-refractivity contribution in [2.45, 2.75) is 12.5 Å². The molecule has 2 amide bonds. The second kappa shape index (κ2) is 5.75. The Morgan fingerprint density at radius 3 is 2.39 bits per heavy atom. The van der Waals surface area contributed by atoms with Gasteiger partial charge in [-0.05, 0) is 12.0 Å². The highest BCUT2D eigenvalue weighted by Crippen LogP contribution is 2.17. The molecule has 1 unspecified atom stereocenters. The maximum absolute atomic E-state index is 11.5. The third-order valence-electron chi connectivity index (χ3n) is 2.86. The Kier molecular flexibility index (Phi) is 4.07. The number of imide groups is 1. The largest absolute Gasteiger partial charge is 0.388 e. The second-order valence-electron chi connectivity index (χ2n) is 4.15. The average Bonchev–Trinajstić information content (AvgIpc) is 2.39. The SMILES string of the molecule is O=C1COCC(=O)N1CCC(O)c1ccccc1. The topological polar surface area (TPSA) is 66.8 Å². The van der Waals surface area contributed by atoms with Crippen LogP contribution in [0.25, 0.3) is 0 Å². The van der Waals surface area contributed by atoms with Crippen molar-refractivity contribution in [3.8, 4) is 0 Å². The summed E-state index contributed by atoms with van der Waals surface area (Å²) in [6.45, 7) is 0.0947. The fourth-order valence-electron chi connectivity index (χ4n) is 1.86. The minimum Gasteiger partial charge on any atom is -0.388 e. The summed E-state index contributed by atoms with van der Waals surface area (Å²) in [7, 11) is 0. The molecule has 1 aliphatic rings. The molecule has 1 saturated heterocycles. The van der Waals surface area contributed by atoms with Crippen LogP contribution in [-0.4, -0.2) is 41.6 Å². The molecule has 0 radical (unpaired) electrons. The van der Waals surface area contributed by atoms with Crippen molar-refractivity contribution < 1.29 is 19.4 Å². The molecule has 0 aliphatic carbocycles. The lowest BCUT2D eigenvalue weighted by Gasteiger charge is -2.25. The number of benzene rings is 1. The average molecular weight is 249 g/mol. The van der Waals surface area contributed by atoms with Crippen LogP contribution in [0.2, 0.25) is 0 Å². The Balaban J connectivity index is 1.91. The minimum atomic E-state index is -0.672. The first-order chi connectivity index (χ1) is 8.68. The first-order valence-corrected chi connectivity index (χ1v) is 5.82. The van der Waals surface area contributed by atoms with Crippen LogP contribution < -0.4 is 0 Å². The Hall–Kier alpha value is -1.72. The number of aliphatic hydroxyl groups excluding tert-OH is 1. The lowest BCUT2D eigenvalue weighted by Crippen LogP contribution is -2.46. The van der Waals surface area contributed by atoms with Crippen molar-refractivity contribution >= 4 is 11.8 Å². The van der Waals surface area contributed by atoms with Gasteiger partial charge in [-0.15, -0.1) is 0 Å². The van der Waals surface area contributed by atoms with Gasteiger partial charge in [-0.3, -0.25) is 14.5 Å². The molecule has 0 bridgehead atoms. The van der Waals surface area contributed by atoms with Crippen LogP contribution in [0.15, 0.2) is 30.3 Å². The lowest BCUT2D eigenvalue weighted by molar-refractivity contribution is -0.158. The normalized spacial score (nSPS) is 17.9. The number of hydrogen-bond acceptors (Lipinski definition) is 4. The summed E-state index contributed by atoms with van der Waals surface area (Å²) in [4.78, 5) is 24.1. The first kappa shape index (κ1) is 12.7. The van der Waals surface area contributed by atoms with Gasteiger partial charge in [0.1, 0.15) is 13.2 Å². The second-order valence-corrected chi connectivity index (χ2v) is 4.15. The Morgan fingerprint density at radius 1 is 1.17 bits per heavy atom. The van der Waals surface area contributed by atoms with Crippen molar-refractivity contribution in [2.75, 3.05) is 19.8 Å². The van der Waals surface area contributed by atoms with E-state index in [1.54, 1.807) is 0 Å². The van der Waals surface area contributed by atoms with E-state index in [9.17, 15) is 14.7 Å². The number of nitrogens with zero attached hydrogens (tertiary/aromatic N) is 1. The van der Waals surface area contributed by atoms with E-state index >= 15 is 0 Å². The molecule has 1 aromatic rings. The molecule has 1 fully saturated rings. The van der Waals surface area contributed by atoms with Crippen molar-refractivity contribution in [2.24, 2.45) is 0 Å². The van der Waals surface area contributed by atoms with Crippen molar-refractivity contribution in [1.82, 2.24) is 4.90 Å². The van der Waals surface area contributed by atoms with E-state index in [1.165, 1.54) is 0 Å². The number of morpholine rings is 1. The molecule has 5 nitrogen and oxygen atoms in total. The predicted octanol–water partition coefficient (Wildman–Crippen LogP) is 0.495. The van der Waals surface area contributed by atoms with Crippen LogP contribution in [0, 0.1) is 0 Å². The van der Waals surface area contributed by atoms with Crippen molar-refractivity contribution in [1.29, 1.82) is 0 Å². The number of ether oxygens (including phenoxy) is 1. The molecule has 0 aromatic heterocycles. The minimum absolute atomic E-state index is 0.0623. The van der Waals surface area contributed by atoms with E-state index in [0.717, 1.165) is 10.5 Å². The van der Waals surface area contributed by atoms with Gasteiger partial charge in [-0.1, -0.05) is 30.3 Å². The molecule has 1 aliphatic heterocycles. The number of carbonyl (C=O) groups is 2. The van der Waals surface area contributed by atoms with Crippen LogP contribution in [0.3, 0.4) is 0 Å². The third kappa shape index (κ3) is 2.94. The molecule has 0 spiro atoms. The van der Waals surface area contributed by atoms with E-state index < -0.39 is 6.10 Å². The zero-order chi connectivity index (χ0) is 13.0. The van der Waals surface area contributed by atoms with Gasteiger partial charge in [-0.2, -0.15) is 0 Å². The first-order valence-electron chi connectivity index (χ1n) is 5.82. The number of hydrogen-bond donors (Lipinski definition) is 1. The molecular weight excluding hydrogens is 234 g/mol. The van der Waals surface area contributed by atoms with Crippen LogP contribution in [-0.2, 0) is 14.3 Å². The van der Waals surface area contributed by atoms with Gasteiger partial charge in [0, 0.05) is 6.54 Å². The zero-order valence-corrected chi connectivity index (χ0v) is 9.91. The van der Waals surface area contributed by atoms with Crippen molar-refractivity contribution in [3.05, 3.63) is 35.9 Å². The molecule has 1 atom stereocenters. The van der Waals surface area contributed by atoms with Gasteiger partial charge in [0.15, 0.2) is 0 Å². The maximum atomic E-state index is 11.5. The highest BCUT2D eigenvalue weighted by molar-refractivity contribution is 5.98. The molecule has 2 rings (SSSR count). The summed E-state index contributed by atoms with van der Waals surface area (Å²) in [5.74, 6) is -0.682. The van der Waals surface area contributed by atoms with Gasteiger partial charge in [0.25, 0.3) is 11.8 Å². The summed E-state index contributed by atoms with van der Waals surface area (Å²) in [5, 5.41) is 9.94. The van der Waals surface area contributed by atoms with Crippen LogP contribution in [0.1, 0.15) is 18.1 Å². The van der Waals surface area contributed by atoms with Gasteiger partial charge in [0.05, 0.1) is 6.10 Å². The fraction of sp³-hybridized carbons (Fsp3) is 0.385. The smallest absolute Gasteiger partial charge is 0.255 e. The summed E-state index contributed by atoms with van der Waals surface area (Å²) >= 11 is 0. The van der Waals surface area contributed by atoms with Gasteiger partial charge in [0.2, 0.25) is 0 Å². The Bertz CT molecular complexity index is 416. The lowest BCUT2D eigenvalue weighted by atomic mass is 10.1. The molecule has 1 N–H and O–H groups in total. The van der Waals surface area contributed by atoms with Crippen LogP contribution in [0.5, 0.6) is 0 Å². The van der Waals surface area contributed by atoms with E-state index in [2.05, 4.69) is 0 Å². The van der Waals surface area contributed by atoms with E-state index in [-0.39, 0.29) is 31.6 Å². The summed E-state index contributed by atoms with van der Waals surface area (Å²) in [6, 6.07) is 9.17. The highest BCUT2D eigenvalue weighted by Gasteiger charge is 2.26. The summed E-state index contributed by atoms with van der Waals surface area (Å²) in [6.07, 6.45) is -0.337. The number of carbonyl (C=O) groups excluding carboxylic acids is 2. The molecule has 5 heteroatoms. The Labute approximate surface area is 105 Å². The molecule has 0 saturated carbocycles. The van der Waals surface area contributed by atoms with E-state index in [1.807, 2.05) is 30.3 Å². The number of rotatable bonds is 4. The van der Waals surface area contributed by atoms with E-state index in [0.29, 0.717) is 6.42 Å². The molecular formula is C13H15NO4. The number of aliphatic hydroxyl groups is 1. The predicted molar refractivity (Wildman–Crippen MR) is 63.6 cm³/mol. The van der Waals surface area contributed by atoms with Gasteiger partial charge < -0.3 is 9.84 Å². The maximum Gasteiger partial charge on any atom is 0.255 e. The molecule has 1 heterocycles. The quantitative estimate of drug-likeness (QED) is 0.789. The van der Waals surface area contributed by atoms with Gasteiger partial charge >= 0.3 is 0 Å². The van der Waals surface area contributed by atoms with Crippen LogP contribution >= 0.6 is 0 Å². The third-order valence-corrected chi connectivity index (χ3v) is 2.86. The van der Waals surface area contributed by atoms with Crippen LogP contribution in [0.4, 0.5) is 0 Å². The molecule has 18 heavy (non-hydrogen) atoms.